The number of hydrogen-bond donors (Lipinski definition) is 1. The van der Waals surface area contributed by atoms with Gasteiger partial charge in [-0.25, -0.2) is 9.48 Å². The average molecular weight is 587 g/mol. The van der Waals surface area contributed by atoms with Gasteiger partial charge in [0, 0.05) is 20.6 Å². The summed E-state index contributed by atoms with van der Waals surface area (Å²) in [4.78, 5) is 26.5. The maximum atomic E-state index is 13.3. The van der Waals surface area contributed by atoms with Crippen molar-refractivity contribution in [2.45, 2.75) is 51.0 Å². The van der Waals surface area contributed by atoms with Crippen LogP contribution in [0.15, 0.2) is 102 Å². The molecule has 4 aromatic rings. The SMILES string of the molecule is C[Si](C)(C)CCOCn1cc(OCc2ccccc2)c(=O)c(C(=O)OCC(O)C(c2ccccc2)c2ccccc2)n1. The number of rotatable bonds is 14. The van der Waals surface area contributed by atoms with Crippen LogP contribution in [0, 0.1) is 0 Å². The van der Waals surface area contributed by atoms with E-state index in [9.17, 15) is 14.7 Å². The molecule has 0 saturated heterocycles. The highest BCUT2D eigenvalue weighted by Crippen LogP contribution is 2.28. The molecule has 0 fully saturated rings. The van der Waals surface area contributed by atoms with Gasteiger partial charge in [-0.1, -0.05) is 111 Å². The predicted molar refractivity (Wildman–Crippen MR) is 164 cm³/mol. The second kappa shape index (κ2) is 14.7. The quantitative estimate of drug-likeness (QED) is 0.119. The minimum atomic E-state index is -1.30. The van der Waals surface area contributed by atoms with Crippen molar-refractivity contribution in [1.82, 2.24) is 9.78 Å². The minimum Gasteiger partial charge on any atom is -0.483 e. The van der Waals surface area contributed by atoms with Crippen LogP contribution in [-0.4, -0.2) is 48.2 Å². The van der Waals surface area contributed by atoms with Gasteiger partial charge in [0.05, 0.1) is 12.3 Å². The Hall–Kier alpha value is -4.05. The van der Waals surface area contributed by atoms with Crippen molar-refractivity contribution in [3.63, 3.8) is 0 Å². The molecule has 42 heavy (non-hydrogen) atoms. The largest absolute Gasteiger partial charge is 0.483 e. The lowest BCUT2D eigenvalue weighted by Gasteiger charge is -2.24. The molecule has 220 valence electrons. The van der Waals surface area contributed by atoms with Gasteiger partial charge in [0.25, 0.3) is 5.43 Å². The summed E-state index contributed by atoms with van der Waals surface area (Å²) in [5.41, 5.74) is 1.50. The first kappa shape index (κ1) is 30.9. The molecule has 0 radical (unpaired) electrons. The molecule has 9 heteroatoms. The summed E-state index contributed by atoms with van der Waals surface area (Å²) in [6.07, 6.45) is 0.370. The van der Waals surface area contributed by atoms with Crippen molar-refractivity contribution in [2.24, 2.45) is 0 Å². The highest BCUT2D eigenvalue weighted by Gasteiger charge is 2.26. The Labute approximate surface area is 247 Å². The number of benzene rings is 3. The number of carbonyl (C=O) groups is 1. The summed E-state index contributed by atoms with van der Waals surface area (Å²) in [5, 5.41) is 15.4. The maximum absolute atomic E-state index is 13.3. The van der Waals surface area contributed by atoms with Crippen LogP contribution in [0.2, 0.25) is 25.7 Å². The van der Waals surface area contributed by atoms with Crippen molar-refractivity contribution in [3.8, 4) is 5.75 Å². The lowest BCUT2D eigenvalue weighted by atomic mass is 9.87. The molecule has 8 nitrogen and oxygen atoms in total. The van der Waals surface area contributed by atoms with E-state index in [1.165, 1.54) is 10.9 Å². The predicted octanol–water partition coefficient (Wildman–Crippen LogP) is 5.48. The first-order valence-electron chi connectivity index (χ1n) is 14.0. The van der Waals surface area contributed by atoms with Crippen LogP contribution in [0.4, 0.5) is 0 Å². The Morgan fingerprint density at radius 3 is 2.05 bits per heavy atom. The van der Waals surface area contributed by atoms with E-state index >= 15 is 0 Å². The van der Waals surface area contributed by atoms with Crippen molar-refractivity contribution in [3.05, 3.63) is 130 Å². The van der Waals surface area contributed by atoms with Gasteiger partial charge in [-0.2, -0.15) is 5.10 Å². The molecular formula is C33H38N2O6Si. The molecule has 0 bridgehead atoms. The third-order valence-corrected chi connectivity index (χ3v) is 8.38. The monoisotopic (exact) mass is 586 g/mol. The molecule has 1 heterocycles. The second-order valence-corrected chi connectivity index (χ2v) is 16.9. The zero-order chi connectivity index (χ0) is 30.0. The van der Waals surface area contributed by atoms with E-state index in [1.54, 1.807) is 0 Å². The topological polar surface area (TPSA) is 99.9 Å². The Morgan fingerprint density at radius 2 is 1.48 bits per heavy atom. The first-order valence-corrected chi connectivity index (χ1v) is 17.7. The molecule has 0 saturated carbocycles. The van der Waals surface area contributed by atoms with Crippen LogP contribution < -0.4 is 10.2 Å². The summed E-state index contributed by atoms with van der Waals surface area (Å²) in [7, 11) is -1.30. The normalized spacial score (nSPS) is 12.2. The Morgan fingerprint density at radius 1 is 0.905 bits per heavy atom. The number of aliphatic hydroxyl groups excluding tert-OH is 1. The average Bonchev–Trinajstić information content (AvgIpc) is 2.99. The van der Waals surface area contributed by atoms with Gasteiger partial charge in [-0.3, -0.25) is 4.79 Å². The van der Waals surface area contributed by atoms with E-state index < -0.39 is 37.2 Å². The summed E-state index contributed by atoms with van der Waals surface area (Å²) in [6, 6.07) is 29.4. The Balaban J connectivity index is 1.52. The number of hydrogen-bond acceptors (Lipinski definition) is 7. The van der Waals surface area contributed by atoms with E-state index in [2.05, 4.69) is 24.7 Å². The van der Waals surface area contributed by atoms with Crippen LogP contribution in [0.25, 0.3) is 0 Å². The van der Waals surface area contributed by atoms with Gasteiger partial charge in [-0.15, -0.1) is 0 Å². The van der Waals surface area contributed by atoms with Crippen LogP contribution in [0.3, 0.4) is 0 Å². The van der Waals surface area contributed by atoms with Crippen LogP contribution in [0.5, 0.6) is 5.75 Å². The fourth-order valence-electron chi connectivity index (χ4n) is 4.37. The summed E-state index contributed by atoms with van der Waals surface area (Å²) in [6.45, 7) is 7.15. The molecule has 0 aliphatic heterocycles. The fourth-order valence-corrected chi connectivity index (χ4v) is 5.13. The Kier molecular flexibility index (Phi) is 10.8. The number of aromatic nitrogens is 2. The van der Waals surface area contributed by atoms with Gasteiger partial charge in [0.15, 0.2) is 5.75 Å². The highest BCUT2D eigenvalue weighted by molar-refractivity contribution is 6.76. The molecule has 3 aromatic carbocycles. The van der Waals surface area contributed by atoms with Crippen molar-refractivity contribution in [1.29, 1.82) is 0 Å². The van der Waals surface area contributed by atoms with Crippen LogP contribution in [-0.2, 0) is 22.8 Å². The molecule has 1 atom stereocenters. The zero-order valence-electron chi connectivity index (χ0n) is 24.3. The van der Waals surface area contributed by atoms with Crippen LogP contribution in [0.1, 0.15) is 33.1 Å². The molecule has 0 amide bonds. The van der Waals surface area contributed by atoms with E-state index in [4.69, 9.17) is 14.2 Å². The molecule has 0 aliphatic rings. The van der Waals surface area contributed by atoms with Gasteiger partial charge >= 0.3 is 5.97 Å². The molecule has 1 aromatic heterocycles. The number of nitrogens with zero attached hydrogens (tertiary/aromatic N) is 2. The van der Waals surface area contributed by atoms with Crippen molar-refractivity contribution in [2.75, 3.05) is 13.2 Å². The summed E-state index contributed by atoms with van der Waals surface area (Å²) < 4.78 is 18.5. The zero-order valence-corrected chi connectivity index (χ0v) is 25.3. The van der Waals surface area contributed by atoms with E-state index in [0.29, 0.717) is 6.61 Å². The molecule has 0 aliphatic carbocycles. The third kappa shape index (κ3) is 8.97. The minimum absolute atomic E-state index is 0.0402. The number of aliphatic hydroxyl groups is 1. The lowest BCUT2D eigenvalue weighted by Crippen LogP contribution is -2.30. The highest BCUT2D eigenvalue weighted by atomic mass is 28.3. The molecule has 1 unspecified atom stereocenters. The smallest absolute Gasteiger partial charge is 0.363 e. The van der Waals surface area contributed by atoms with Crippen molar-refractivity contribution >= 4 is 14.0 Å². The van der Waals surface area contributed by atoms with Crippen LogP contribution >= 0.6 is 0 Å². The van der Waals surface area contributed by atoms with Gasteiger partial charge in [-0.05, 0) is 22.7 Å². The van der Waals surface area contributed by atoms with E-state index in [1.807, 2.05) is 91.0 Å². The molecule has 1 N–H and O–H groups in total. The first-order chi connectivity index (χ1) is 20.2. The van der Waals surface area contributed by atoms with Gasteiger partial charge < -0.3 is 19.3 Å². The molecular weight excluding hydrogens is 548 g/mol. The number of ether oxygens (including phenoxy) is 3. The van der Waals surface area contributed by atoms with E-state index in [-0.39, 0.29) is 25.7 Å². The Bertz CT molecular complexity index is 1430. The van der Waals surface area contributed by atoms with Crippen molar-refractivity contribution < 1.29 is 24.1 Å². The summed E-state index contributed by atoms with van der Waals surface area (Å²) >= 11 is 0. The second-order valence-electron chi connectivity index (χ2n) is 11.3. The lowest BCUT2D eigenvalue weighted by molar-refractivity contribution is 0.0204. The number of carbonyl (C=O) groups excluding carboxylic acids is 1. The maximum Gasteiger partial charge on any atom is 0.363 e. The third-order valence-electron chi connectivity index (χ3n) is 6.67. The standard InChI is InChI=1S/C33H38N2O6Si/c1-42(2,3)20-19-39-24-35-21-29(40-22-25-13-7-4-8-14-25)32(37)31(34-35)33(38)41-23-28(36)30(26-15-9-5-10-16-26)27-17-11-6-12-18-27/h4-18,21,28,30,36H,19-20,22-24H2,1-3H3. The number of esters is 1. The molecule has 4 rings (SSSR count). The van der Waals surface area contributed by atoms with Gasteiger partial charge in [0.2, 0.25) is 5.69 Å². The van der Waals surface area contributed by atoms with E-state index in [0.717, 1.165) is 22.7 Å². The molecule has 0 spiro atoms. The summed E-state index contributed by atoms with van der Waals surface area (Å²) in [5.74, 6) is -1.42. The van der Waals surface area contributed by atoms with Gasteiger partial charge in [0.1, 0.15) is 19.9 Å². The fraction of sp³-hybridized carbons (Fsp3) is 0.303.